The van der Waals surface area contributed by atoms with Crippen molar-refractivity contribution in [1.29, 1.82) is 0 Å². The molecule has 24 heavy (non-hydrogen) atoms. The van der Waals surface area contributed by atoms with Gasteiger partial charge in [-0.25, -0.2) is 0 Å². The lowest BCUT2D eigenvalue weighted by Gasteiger charge is -2.18. The van der Waals surface area contributed by atoms with Gasteiger partial charge in [-0.1, -0.05) is 13.3 Å². The van der Waals surface area contributed by atoms with E-state index in [1.54, 1.807) is 19.1 Å². The second kappa shape index (κ2) is 6.64. The van der Waals surface area contributed by atoms with Crippen molar-refractivity contribution in [2.75, 3.05) is 5.32 Å². The highest BCUT2D eigenvalue weighted by Crippen LogP contribution is 2.32. The fraction of sp³-hybridized carbons (Fsp3) is 0.438. The SMILES string of the molecule is CC1CCCC(N)c2ccnc(c2)-c2c(cnn2C(F)F)NC1=O. The number of nitrogens with zero attached hydrogens (tertiary/aromatic N) is 3. The lowest BCUT2D eigenvalue weighted by molar-refractivity contribution is -0.119. The van der Waals surface area contributed by atoms with E-state index in [-0.39, 0.29) is 29.2 Å². The Morgan fingerprint density at radius 2 is 2.21 bits per heavy atom. The van der Waals surface area contributed by atoms with Crippen molar-refractivity contribution in [3.63, 3.8) is 0 Å². The molecule has 2 bridgehead atoms. The van der Waals surface area contributed by atoms with E-state index in [0.717, 1.165) is 12.0 Å². The highest BCUT2D eigenvalue weighted by atomic mass is 19.3. The molecule has 0 saturated heterocycles. The van der Waals surface area contributed by atoms with E-state index in [1.807, 2.05) is 0 Å². The van der Waals surface area contributed by atoms with Gasteiger partial charge in [-0.15, -0.1) is 0 Å². The van der Waals surface area contributed by atoms with Crippen molar-refractivity contribution in [3.05, 3.63) is 30.1 Å². The van der Waals surface area contributed by atoms with Crippen LogP contribution in [0.15, 0.2) is 24.5 Å². The van der Waals surface area contributed by atoms with Crippen LogP contribution in [-0.4, -0.2) is 20.7 Å². The Hall–Kier alpha value is -2.35. The molecule has 1 aliphatic heterocycles. The number of rotatable bonds is 1. The van der Waals surface area contributed by atoms with E-state index in [1.165, 1.54) is 12.4 Å². The van der Waals surface area contributed by atoms with Gasteiger partial charge < -0.3 is 11.1 Å². The summed E-state index contributed by atoms with van der Waals surface area (Å²) in [7, 11) is 0. The van der Waals surface area contributed by atoms with Gasteiger partial charge in [0.1, 0.15) is 5.69 Å². The maximum absolute atomic E-state index is 13.3. The quantitative estimate of drug-likeness (QED) is 0.838. The van der Waals surface area contributed by atoms with Crippen LogP contribution in [-0.2, 0) is 4.79 Å². The van der Waals surface area contributed by atoms with Gasteiger partial charge in [-0.2, -0.15) is 18.6 Å². The number of hydrogen-bond donors (Lipinski definition) is 2. The third kappa shape index (κ3) is 3.14. The summed E-state index contributed by atoms with van der Waals surface area (Å²) in [6.07, 6.45) is 4.95. The molecule has 2 unspecified atom stereocenters. The first-order chi connectivity index (χ1) is 11.5. The Morgan fingerprint density at radius 3 is 2.96 bits per heavy atom. The Morgan fingerprint density at radius 1 is 1.42 bits per heavy atom. The predicted octanol–water partition coefficient (Wildman–Crippen LogP) is 3.10. The number of pyridine rings is 1. The van der Waals surface area contributed by atoms with Crippen molar-refractivity contribution >= 4 is 11.6 Å². The molecule has 0 fully saturated rings. The minimum atomic E-state index is -2.84. The lowest BCUT2D eigenvalue weighted by Crippen LogP contribution is -2.22. The molecule has 2 aromatic heterocycles. The average Bonchev–Trinajstić information content (AvgIpc) is 2.97. The van der Waals surface area contributed by atoms with Crippen molar-refractivity contribution in [1.82, 2.24) is 14.8 Å². The largest absolute Gasteiger partial charge is 0.333 e. The van der Waals surface area contributed by atoms with E-state index in [4.69, 9.17) is 5.73 Å². The number of carbonyl (C=O) groups is 1. The summed E-state index contributed by atoms with van der Waals surface area (Å²) in [5.74, 6) is -0.471. The summed E-state index contributed by atoms with van der Waals surface area (Å²) in [4.78, 5) is 16.5. The fourth-order valence-electron chi connectivity index (χ4n) is 2.86. The third-order valence-electron chi connectivity index (χ3n) is 4.29. The number of nitrogens with one attached hydrogen (secondary N) is 1. The molecule has 0 radical (unpaired) electrons. The molecule has 0 spiro atoms. The number of nitrogens with two attached hydrogens (primary N) is 1. The lowest BCUT2D eigenvalue weighted by atomic mass is 9.96. The third-order valence-corrected chi connectivity index (χ3v) is 4.29. The van der Waals surface area contributed by atoms with Crippen molar-refractivity contribution in [2.24, 2.45) is 11.7 Å². The zero-order chi connectivity index (χ0) is 17.3. The van der Waals surface area contributed by atoms with Gasteiger partial charge in [-0.05, 0) is 30.5 Å². The average molecular weight is 335 g/mol. The zero-order valence-corrected chi connectivity index (χ0v) is 13.2. The molecule has 0 aliphatic carbocycles. The molecule has 1 amide bonds. The summed E-state index contributed by atoms with van der Waals surface area (Å²) in [6, 6.07) is 3.24. The van der Waals surface area contributed by atoms with E-state index < -0.39 is 6.55 Å². The molecule has 3 N–H and O–H groups in total. The van der Waals surface area contributed by atoms with Crippen LogP contribution in [0.25, 0.3) is 11.4 Å². The Bertz CT molecular complexity index is 746. The van der Waals surface area contributed by atoms with Gasteiger partial charge in [0, 0.05) is 18.2 Å². The van der Waals surface area contributed by atoms with Gasteiger partial charge in [0.15, 0.2) is 0 Å². The molecule has 3 rings (SSSR count). The van der Waals surface area contributed by atoms with Gasteiger partial charge >= 0.3 is 6.55 Å². The van der Waals surface area contributed by atoms with Crippen molar-refractivity contribution in [3.8, 4) is 11.4 Å². The van der Waals surface area contributed by atoms with E-state index in [2.05, 4.69) is 15.4 Å². The number of alkyl halides is 2. The second-order valence-corrected chi connectivity index (χ2v) is 6.03. The summed E-state index contributed by atoms with van der Waals surface area (Å²) < 4.78 is 27.1. The van der Waals surface area contributed by atoms with E-state index >= 15 is 0 Å². The fourth-order valence-corrected chi connectivity index (χ4v) is 2.86. The van der Waals surface area contributed by atoms with Crippen LogP contribution in [0.1, 0.15) is 44.3 Å². The summed E-state index contributed by atoms with van der Waals surface area (Å²) >= 11 is 0. The molecule has 0 saturated carbocycles. The molecule has 128 valence electrons. The van der Waals surface area contributed by atoms with E-state index in [0.29, 0.717) is 23.2 Å². The molecular weight excluding hydrogens is 316 g/mol. The standard InChI is InChI=1S/C16H19F2N5O/c1-9-3-2-4-11(19)10-5-6-20-12(7-10)14-13(22-15(9)24)8-21-23(14)16(17)18/h5-9,11,16H,2-4,19H2,1H3,(H,22,24). The molecule has 0 aromatic carbocycles. The summed E-state index contributed by atoms with van der Waals surface area (Å²) in [5.41, 5.74) is 7.64. The molecule has 3 heterocycles. The van der Waals surface area contributed by atoms with Gasteiger partial charge in [0.25, 0.3) is 0 Å². The number of carbonyl (C=O) groups excluding carboxylic acids is 1. The van der Waals surface area contributed by atoms with Crippen LogP contribution < -0.4 is 11.1 Å². The van der Waals surface area contributed by atoms with Crippen molar-refractivity contribution in [2.45, 2.75) is 38.8 Å². The normalized spacial score (nSPS) is 21.6. The first-order valence-corrected chi connectivity index (χ1v) is 7.85. The molecule has 1 aliphatic rings. The summed E-state index contributed by atoms with van der Waals surface area (Å²) in [6.45, 7) is -1.03. The van der Waals surface area contributed by atoms with Gasteiger partial charge in [0.2, 0.25) is 5.91 Å². The minimum absolute atomic E-state index is 0.0835. The summed E-state index contributed by atoms with van der Waals surface area (Å²) in [5, 5.41) is 6.40. The van der Waals surface area contributed by atoms with Crippen LogP contribution in [0.4, 0.5) is 14.5 Å². The number of fused-ring (bicyclic) bond motifs is 4. The highest BCUT2D eigenvalue weighted by molar-refractivity contribution is 5.95. The molecule has 2 atom stereocenters. The number of halogens is 2. The molecule has 2 aromatic rings. The number of aromatic nitrogens is 3. The van der Waals surface area contributed by atoms with Crippen molar-refractivity contribution < 1.29 is 13.6 Å². The Balaban J connectivity index is 2.15. The highest BCUT2D eigenvalue weighted by Gasteiger charge is 2.24. The van der Waals surface area contributed by atoms with Gasteiger partial charge in [-0.3, -0.25) is 9.78 Å². The van der Waals surface area contributed by atoms with E-state index in [9.17, 15) is 13.6 Å². The zero-order valence-electron chi connectivity index (χ0n) is 13.2. The molecule has 6 nitrogen and oxygen atoms in total. The number of anilines is 1. The number of amides is 1. The van der Waals surface area contributed by atoms with Crippen LogP contribution >= 0.6 is 0 Å². The first-order valence-electron chi connectivity index (χ1n) is 7.85. The Kier molecular flexibility index (Phi) is 4.57. The monoisotopic (exact) mass is 335 g/mol. The number of hydrogen-bond acceptors (Lipinski definition) is 4. The maximum atomic E-state index is 13.3. The topological polar surface area (TPSA) is 85.8 Å². The van der Waals surface area contributed by atoms with Crippen LogP contribution in [0.3, 0.4) is 0 Å². The smallest absolute Gasteiger partial charge is 0.324 e. The molecular formula is C16H19F2N5O. The van der Waals surface area contributed by atoms with Crippen LogP contribution in [0.5, 0.6) is 0 Å². The van der Waals surface area contributed by atoms with Gasteiger partial charge in [0.05, 0.1) is 17.6 Å². The second-order valence-electron chi connectivity index (χ2n) is 6.03. The first kappa shape index (κ1) is 16.5. The van der Waals surface area contributed by atoms with Crippen LogP contribution in [0.2, 0.25) is 0 Å². The minimum Gasteiger partial charge on any atom is -0.324 e. The Labute approximate surface area is 138 Å². The predicted molar refractivity (Wildman–Crippen MR) is 85.3 cm³/mol. The molecule has 8 heteroatoms. The maximum Gasteiger partial charge on any atom is 0.333 e. The van der Waals surface area contributed by atoms with Crippen LogP contribution in [0, 0.1) is 5.92 Å².